The Kier molecular flexibility index (Phi) is 4.70. The third kappa shape index (κ3) is 4.18. The van der Waals surface area contributed by atoms with E-state index in [4.69, 9.17) is 9.47 Å². The summed E-state index contributed by atoms with van der Waals surface area (Å²) in [5, 5.41) is 2.87. The SMILES string of the molecule is CC1(C)Cc2cccc(OCC(=O)Nc3ccc(C(C)(C)C)cc3)c2O1. The van der Waals surface area contributed by atoms with Gasteiger partial charge < -0.3 is 14.8 Å². The Morgan fingerprint density at radius 3 is 2.50 bits per heavy atom. The highest BCUT2D eigenvalue weighted by Crippen LogP contribution is 2.41. The number of carbonyl (C=O) groups is 1. The van der Waals surface area contributed by atoms with Crippen LogP contribution >= 0.6 is 0 Å². The summed E-state index contributed by atoms with van der Waals surface area (Å²) in [4.78, 5) is 12.2. The number of carbonyl (C=O) groups excluding carboxylic acids is 1. The molecule has 0 saturated carbocycles. The van der Waals surface area contributed by atoms with Crippen LogP contribution in [0.5, 0.6) is 11.5 Å². The van der Waals surface area contributed by atoms with Crippen molar-refractivity contribution in [3.63, 3.8) is 0 Å². The van der Waals surface area contributed by atoms with Crippen molar-refractivity contribution in [2.75, 3.05) is 11.9 Å². The Labute approximate surface area is 155 Å². The van der Waals surface area contributed by atoms with Gasteiger partial charge in [-0.2, -0.15) is 0 Å². The molecular weight excluding hydrogens is 326 g/mol. The molecule has 0 radical (unpaired) electrons. The maximum absolute atomic E-state index is 12.2. The summed E-state index contributed by atoms with van der Waals surface area (Å²) in [5.74, 6) is 1.18. The zero-order valence-electron chi connectivity index (χ0n) is 16.2. The second kappa shape index (κ2) is 6.67. The number of fused-ring (bicyclic) bond motifs is 1. The van der Waals surface area contributed by atoms with Crippen molar-refractivity contribution in [1.29, 1.82) is 0 Å². The summed E-state index contributed by atoms with van der Waals surface area (Å²) in [6, 6.07) is 13.7. The van der Waals surface area contributed by atoms with Gasteiger partial charge in [0.15, 0.2) is 18.1 Å². The van der Waals surface area contributed by atoms with Crippen LogP contribution in [0.4, 0.5) is 5.69 Å². The number of para-hydroxylation sites is 1. The first-order chi connectivity index (χ1) is 12.1. The first-order valence-electron chi connectivity index (χ1n) is 8.98. The van der Waals surface area contributed by atoms with Crippen molar-refractivity contribution >= 4 is 11.6 Å². The van der Waals surface area contributed by atoms with Gasteiger partial charge in [-0.25, -0.2) is 0 Å². The van der Waals surface area contributed by atoms with E-state index in [0.29, 0.717) is 5.75 Å². The smallest absolute Gasteiger partial charge is 0.262 e. The summed E-state index contributed by atoms with van der Waals surface area (Å²) < 4.78 is 11.7. The lowest BCUT2D eigenvalue weighted by Gasteiger charge is -2.19. The highest BCUT2D eigenvalue weighted by molar-refractivity contribution is 5.91. The van der Waals surface area contributed by atoms with E-state index in [0.717, 1.165) is 23.4 Å². The van der Waals surface area contributed by atoms with Crippen molar-refractivity contribution < 1.29 is 14.3 Å². The predicted octanol–water partition coefficient (Wildman–Crippen LogP) is 4.72. The quantitative estimate of drug-likeness (QED) is 0.865. The summed E-state index contributed by atoms with van der Waals surface area (Å²) in [5.41, 5.74) is 2.96. The molecule has 0 unspecified atom stereocenters. The largest absolute Gasteiger partial charge is 0.483 e. The van der Waals surface area contributed by atoms with Gasteiger partial charge >= 0.3 is 0 Å². The average Bonchev–Trinajstić information content (AvgIpc) is 2.87. The molecule has 1 amide bonds. The number of hydrogen-bond donors (Lipinski definition) is 1. The van der Waals surface area contributed by atoms with Crippen LogP contribution in [0, 0.1) is 0 Å². The molecule has 0 atom stereocenters. The Morgan fingerprint density at radius 1 is 1.15 bits per heavy atom. The zero-order chi connectivity index (χ0) is 18.9. The normalized spacial score (nSPS) is 15.1. The van der Waals surface area contributed by atoms with Gasteiger partial charge in [0.1, 0.15) is 5.60 Å². The Morgan fingerprint density at radius 2 is 1.85 bits per heavy atom. The van der Waals surface area contributed by atoms with E-state index >= 15 is 0 Å². The number of anilines is 1. The third-order valence-corrected chi connectivity index (χ3v) is 4.45. The van der Waals surface area contributed by atoms with E-state index in [9.17, 15) is 4.79 Å². The maximum atomic E-state index is 12.2. The molecule has 26 heavy (non-hydrogen) atoms. The minimum Gasteiger partial charge on any atom is -0.483 e. The molecule has 0 spiro atoms. The average molecular weight is 353 g/mol. The number of rotatable bonds is 4. The van der Waals surface area contributed by atoms with Crippen LogP contribution in [0.25, 0.3) is 0 Å². The molecule has 0 aliphatic carbocycles. The molecule has 1 aliphatic rings. The summed E-state index contributed by atoms with van der Waals surface area (Å²) in [7, 11) is 0. The van der Waals surface area contributed by atoms with E-state index in [-0.39, 0.29) is 23.5 Å². The summed E-state index contributed by atoms with van der Waals surface area (Å²) in [6.45, 7) is 10.5. The van der Waals surface area contributed by atoms with Gasteiger partial charge in [-0.3, -0.25) is 4.79 Å². The fourth-order valence-electron chi connectivity index (χ4n) is 3.09. The molecule has 1 aliphatic heterocycles. The number of nitrogens with one attached hydrogen (secondary N) is 1. The molecular formula is C22H27NO3. The van der Waals surface area contributed by atoms with E-state index in [1.165, 1.54) is 5.56 Å². The maximum Gasteiger partial charge on any atom is 0.262 e. The highest BCUT2D eigenvalue weighted by atomic mass is 16.5. The van der Waals surface area contributed by atoms with E-state index < -0.39 is 0 Å². The van der Waals surface area contributed by atoms with Crippen molar-refractivity contribution in [2.24, 2.45) is 0 Å². The predicted molar refractivity (Wildman–Crippen MR) is 104 cm³/mol. The molecule has 3 rings (SSSR count). The fourth-order valence-corrected chi connectivity index (χ4v) is 3.09. The Bertz CT molecular complexity index is 801. The minimum atomic E-state index is -0.237. The van der Waals surface area contributed by atoms with Crippen LogP contribution in [0.3, 0.4) is 0 Å². The van der Waals surface area contributed by atoms with Crippen molar-refractivity contribution in [1.82, 2.24) is 0 Å². The minimum absolute atomic E-state index is 0.0543. The van der Waals surface area contributed by atoms with E-state index in [1.807, 2.05) is 56.3 Å². The van der Waals surface area contributed by atoms with E-state index in [1.54, 1.807) is 0 Å². The standard InChI is InChI=1S/C22H27NO3/c1-21(2,3)16-9-11-17(12-10-16)23-19(24)14-25-18-8-6-7-15-13-22(4,5)26-20(15)18/h6-12H,13-14H2,1-5H3,(H,23,24). The van der Waals surface area contributed by atoms with Gasteiger partial charge in [-0.1, -0.05) is 45.0 Å². The first-order valence-corrected chi connectivity index (χ1v) is 8.98. The van der Waals surface area contributed by atoms with Crippen LogP contribution in [0.2, 0.25) is 0 Å². The molecule has 0 aromatic heterocycles. The van der Waals surface area contributed by atoms with Crippen molar-refractivity contribution in [3.05, 3.63) is 53.6 Å². The second-order valence-electron chi connectivity index (χ2n) is 8.45. The zero-order valence-corrected chi connectivity index (χ0v) is 16.2. The van der Waals surface area contributed by atoms with Crippen molar-refractivity contribution in [2.45, 2.75) is 52.1 Å². The summed E-state index contributed by atoms with van der Waals surface area (Å²) in [6.07, 6.45) is 0.839. The molecule has 2 aromatic rings. The monoisotopic (exact) mass is 353 g/mol. The first kappa shape index (κ1) is 18.3. The lowest BCUT2D eigenvalue weighted by atomic mass is 9.87. The van der Waals surface area contributed by atoms with Gasteiger partial charge in [0.05, 0.1) is 0 Å². The molecule has 4 heteroatoms. The summed E-state index contributed by atoms with van der Waals surface area (Å²) >= 11 is 0. The molecule has 0 fully saturated rings. The fraction of sp³-hybridized carbons (Fsp3) is 0.409. The van der Waals surface area contributed by atoms with Gasteiger partial charge in [-0.15, -0.1) is 0 Å². The molecule has 4 nitrogen and oxygen atoms in total. The molecule has 1 N–H and O–H groups in total. The van der Waals surface area contributed by atoms with Crippen LogP contribution in [0.15, 0.2) is 42.5 Å². The van der Waals surface area contributed by atoms with Crippen molar-refractivity contribution in [3.8, 4) is 11.5 Å². The third-order valence-electron chi connectivity index (χ3n) is 4.45. The Balaban J connectivity index is 1.60. The molecule has 0 bridgehead atoms. The lowest BCUT2D eigenvalue weighted by Crippen LogP contribution is -2.25. The molecule has 2 aromatic carbocycles. The Hall–Kier alpha value is -2.49. The van der Waals surface area contributed by atoms with Crippen LogP contribution in [-0.2, 0) is 16.6 Å². The molecule has 138 valence electrons. The molecule has 1 heterocycles. The van der Waals surface area contributed by atoms with Crippen LogP contribution in [0.1, 0.15) is 45.7 Å². The van der Waals surface area contributed by atoms with E-state index in [2.05, 4.69) is 26.1 Å². The van der Waals surface area contributed by atoms with Crippen LogP contribution in [-0.4, -0.2) is 18.1 Å². The highest BCUT2D eigenvalue weighted by Gasteiger charge is 2.32. The number of amides is 1. The topological polar surface area (TPSA) is 47.6 Å². The number of hydrogen-bond acceptors (Lipinski definition) is 3. The number of ether oxygens (including phenoxy) is 2. The van der Waals surface area contributed by atoms with Crippen LogP contribution < -0.4 is 14.8 Å². The second-order valence-corrected chi connectivity index (χ2v) is 8.45. The van der Waals surface area contributed by atoms with Gasteiger partial charge in [-0.05, 0) is 43.0 Å². The van der Waals surface area contributed by atoms with Gasteiger partial charge in [0.25, 0.3) is 5.91 Å². The van der Waals surface area contributed by atoms with Gasteiger partial charge in [0.2, 0.25) is 0 Å². The lowest BCUT2D eigenvalue weighted by molar-refractivity contribution is -0.118. The molecule has 0 saturated heterocycles. The van der Waals surface area contributed by atoms with Gasteiger partial charge in [0, 0.05) is 17.7 Å². The number of benzene rings is 2.